The van der Waals surface area contributed by atoms with Gasteiger partial charge in [0.05, 0.1) is 11.4 Å². The smallest absolute Gasteiger partial charge is 0.406 e. The monoisotopic (exact) mass is 405 g/mol. The normalized spacial score (nSPS) is 12.2. The van der Waals surface area contributed by atoms with Crippen LogP contribution in [0.4, 0.5) is 32.0 Å². The Balaban J connectivity index is 2.11. The summed E-state index contributed by atoms with van der Waals surface area (Å²) in [6.45, 7) is 1.14. The van der Waals surface area contributed by atoms with E-state index in [1.54, 1.807) is 0 Å². The molecule has 2 aromatic heterocycles. The third kappa shape index (κ3) is 4.13. The maximum absolute atomic E-state index is 13.1. The van der Waals surface area contributed by atoms with Crippen LogP contribution in [-0.4, -0.2) is 32.1 Å². The van der Waals surface area contributed by atoms with Crippen molar-refractivity contribution >= 4 is 17.2 Å². The van der Waals surface area contributed by atoms with Crippen molar-refractivity contribution in [1.82, 2.24) is 19.8 Å². The molecule has 0 aliphatic carbocycles. The van der Waals surface area contributed by atoms with Crippen LogP contribution in [-0.2, 0) is 11.0 Å². The van der Waals surface area contributed by atoms with Crippen LogP contribution in [0.15, 0.2) is 30.3 Å². The molecule has 0 bridgehead atoms. The van der Waals surface area contributed by atoms with E-state index in [0.29, 0.717) is 4.52 Å². The van der Waals surface area contributed by atoms with Gasteiger partial charge in [0.2, 0.25) is 11.6 Å². The number of benzene rings is 1. The molecular weight excluding hydrogens is 396 g/mol. The van der Waals surface area contributed by atoms with Crippen LogP contribution in [0.25, 0.3) is 16.9 Å². The molecule has 0 aliphatic heterocycles. The lowest BCUT2D eigenvalue weighted by Gasteiger charge is -2.11. The number of hydrogen-bond donors (Lipinski definition) is 1. The zero-order valence-electron chi connectivity index (χ0n) is 13.8. The average Bonchev–Trinajstić information content (AvgIpc) is 2.98. The topological polar surface area (TPSA) is 81.4 Å². The van der Waals surface area contributed by atoms with Gasteiger partial charge in [0.25, 0.3) is 5.82 Å². The number of amides is 1. The Labute approximate surface area is 151 Å². The van der Waals surface area contributed by atoms with E-state index in [-0.39, 0.29) is 22.6 Å². The number of anilines is 1. The Morgan fingerprint density at radius 3 is 2.25 bits per heavy atom. The lowest BCUT2D eigenvalue weighted by atomic mass is 10.1. The molecule has 0 unspecified atom stereocenters. The highest BCUT2D eigenvalue weighted by Gasteiger charge is 2.38. The first-order valence-corrected chi connectivity index (χ1v) is 7.41. The molecule has 3 rings (SSSR count). The van der Waals surface area contributed by atoms with E-state index in [1.165, 1.54) is 18.2 Å². The first kappa shape index (κ1) is 19.4. The first-order chi connectivity index (χ1) is 12.9. The fraction of sp³-hybridized carbons (Fsp3) is 0.200. The standard InChI is InChI=1S/C15H9F6N5O2/c1-7(27)22-11-6-10(8-2-4-9(5-3-8)28-15(19,20)21)25-26-12(11)23-24-13(26)14(16,17)18/h2-6H,1H3,(H,22,27). The van der Waals surface area contributed by atoms with E-state index >= 15 is 0 Å². The fourth-order valence-electron chi connectivity index (χ4n) is 2.31. The minimum absolute atomic E-state index is 0.0693. The average molecular weight is 405 g/mol. The Morgan fingerprint density at radius 1 is 1.07 bits per heavy atom. The van der Waals surface area contributed by atoms with Crippen molar-refractivity contribution in [3.63, 3.8) is 0 Å². The molecule has 0 radical (unpaired) electrons. The van der Waals surface area contributed by atoms with Crippen LogP contribution < -0.4 is 10.1 Å². The van der Waals surface area contributed by atoms with Crippen LogP contribution >= 0.6 is 0 Å². The predicted molar refractivity (Wildman–Crippen MR) is 82.2 cm³/mol. The van der Waals surface area contributed by atoms with Gasteiger partial charge in [-0.3, -0.25) is 4.79 Å². The number of hydrogen-bond acceptors (Lipinski definition) is 5. The van der Waals surface area contributed by atoms with E-state index in [2.05, 4.69) is 25.3 Å². The van der Waals surface area contributed by atoms with Crippen LogP contribution in [0, 0.1) is 0 Å². The zero-order valence-corrected chi connectivity index (χ0v) is 13.8. The van der Waals surface area contributed by atoms with Crippen molar-refractivity contribution in [2.75, 3.05) is 5.32 Å². The number of nitrogens with one attached hydrogen (secondary N) is 1. The summed E-state index contributed by atoms with van der Waals surface area (Å²) in [5, 5.41) is 12.6. The largest absolute Gasteiger partial charge is 0.573 e. The van der Waals surface area contributed by atoms with E-state index < -0.39 is 30.0 Å². The molecule has 0 saturated heterocycles. The Hall–Kier alpha value is -3.38. The minimum Gasteiger partial charge on any atom is -0.406 e. The summed E-state index contributed by atoms with van der Waals surface area (Å²) in [5.74, 6) is -2.52. The van der Waals surface area contributed by atoms with Gasteiger partial charge in [-0.25, -0.2) is 0 Å². The van der Waals surface area contributed by atoms with Gasteiger partial charge >= 0.3 is 12.5 Å². The number of aromatic nitrogens is 4. The lowest BCUT2D eigenvalue weighted by molar-refractivity contribution is -0.274. The Morgan fingerprint density at radius 2 is 1.71 bits per heavy atom. The summed E-state index contributed by atoms with van der Waals surface area (Å²) >= 11 is 0. The van der Waals surface area contributed by atoms with Crippen LogP contribution in [0.3, 0.4) is 0 Å². The molecule has 2 heterocycles. The van der Waals surface area contributed by atoms with Crippen molar-refractivity contribution < 1.29 is 35.9 Å². The number of halogens is 6. The number of nitrogens with zero attached hydrogens (tertiary/aromatic N) is 4. The molecule has 148 valence electrons. The van der Waals surface area contributed by atoms with E-state index in [4.69, 9.17) is 0 Å². The summed E-state index contributed by atoms with van der Waals surface area (Å²) in [6.07, 6.45) is -9.76. The highest BCUT2D eigenvalue weighted by molar-refractivity contribution is 5.93. The molecular formula is C15H9F6N5O2. The summed E-state index contributed by atoms with van der Waals surface area (Å²) in [5.41, 5.74) is -0.343. The quantitative estimate of drug-likeness (QED) is 0.673. The van der Waals surface area contributed by atoms with Crippen molar-refractivity contribution in [1.29, 1.82) is 0 Å². The zero-order chi connectivity index (χ0) is 20.7. The van der Waals surface area contributed by atoms with Crippen molar-refractivity contribution in [3.05, 3.63) is 36.2 Å². The number of rotatable bonds is 3. The highest BCUT2D eigenvalue weighted by atomic mass is 19.4. The van der Waals surface area contributed by atoms with Crippen molar-refractivity contribution in [2.24, 2.45) is 0 Å². The van der Waals surface area contributed by atoms with Gasteiger partial charge in [-0.15, -0.1) is 23.4 Å². The number of fused-ring (bicyclic) bond motifs is 1. The number of ether oxygens (including phenoxy) is 1. The van der Waals surface area contributed by atoms with E-state index in [1.807, 2.05) is 0 Å². The second-order valence-electron chi connectivity index (χ2n) is 5.45. The van der Waals surface area contributed by atoms with Gasteiger partial charge in [0, 0.05) is 12.5 Å². The minimum atomic E-state index is -4.89. The molecule has 1 N–H and O–H groups in total. The summed E-state index contributed by atoms with van der Waals surface area (Å²) < 4.78 is 80.2. The molecule has 13 heteroatoms. The maximum atomic E-state index is 13.1. The number of carbonyl (C=O) groups excluding carboxylic acids is 1. The predicted octanol–water partition coefficient (Wildman–Crippen LogP) is 3.67. The highest BCUT2D eigenvalue weighted by Crippen LogP contribution is 2.32. The van der Waals surface area contributed by atoms with Crippen LogP contribution in [0.5, 0.6) is 5.75 Å². The SMILES string of the molecule is CC(=O)Nc1cc(-c2ccc(OC(F)(F)F)cc2)nn2c(C(F)(F)F)nnc12. The third-order valence-electron chi connectivity index (χ3n) is 3.32. The number of carbonyl (C=O) groups is 1. The van der Waals surface area contributed by atoms with Gasteiger partial charge in [-0.2, -0.15) is 22.8 Å². The van der Waals surface area contributed by atoms with Gasteiger partial charge < -0.3 is 10.1 Å². The molecule has 0 aliphatic rings. The molecule has 3 aromatic rings. The molecule has 0 spiro atoms. The van der Waals surface area contributed by atoms with Gasteiger partial charge in [-0.05, 0) is 30.3 Å². The fourth-order valence-corrected chi connectivity index (χ4v) is 2.31. The molecule has 28 heavy (non-hydrogen) atoms. The Bertz CT molecular complexity index is 1030. The first-order valence-electron chi connectivity index (χ1n) is 7.41. The summed E-state index contributed by atoms with van der Waals surface area (Å²) in [6, 6.07) is 5.52. The van der Waals surface area contributed by atoms with E-state index in [0.717, 1.165) is 19.1 Å². The maximum Gasteiger partial charge on any atom is 0.573 e. The molecule has 7 nitrogen and oxygen atoms in total. The van der Waals surface area contributed by atoms with Gasteiger partial charge in [-0.1, -0.05) is 0 Å². The number of alkyl halides is 6. The third-order valence-corrected chi connectivity index (χ3v) is 3.32. The second-order valence-corrected chi connectivity index (χ2v) is 5.45. The molecule has 0 atom stereocenters. The molecule has 0 fully saturated rings. The summed E-state index contributed by atoms with van der Waals surface area (Å²) in [4.78, 5) is 11.4. The lowest BCUT2D eigenvalue weighted by Crippen LogP contribution is -2.17. The summed E-state index contributed by atoms with van der Waals surface area (Å²) in [7, 11) is 0. The second kappa shape index (κ2) is 6.65. The van der Waals surface area contributed by atoms with Crippen LogP contribution in [0.1, 0.15) is 12.7 Å². The van der Waals surface area contributed by atoms with Gasteiger partial charge in [0.1, 0.15) is 5.75 Å². The molecule has 1 aromatic carbocycles. The Kier molecular flexibility index (Phi) is 4.61. The molecule has 0 saturated carbocycles. The van der Waals surface area contributed by atoms with Crippen molar-refractivity contribution in [2.45, 2.75) is 19.5 Å². The van der Waals surface area contributed by atoms with Crippen LogP contribution in [0.2, 0.25) is 0 Å². The van der Waals surface area contributed by atoms with E-state index in [9.17, 15) is 31.1 Å². The molecule has 1 amide bonds. The van der Waals surface area contributed by atoms with Gasteiger partial charge in [0.15, 0.2) is 0 Å². The van der Waals surface area contributed by atoms with Crippen molar-refractivity contribution in [3.8, 4) is 17.0 Å².